The predicted molar refractivity (Wildman–Crippen MR) is 141 cm³/mol. The van der Waals surface area contributed by atoms with Gasteiger partial charge in [0.25, 0.3) is 0 Å². The summed E-state index contributed by atoms with van der Waals surface area (Å²) in [5.41, 5.74) is 1.11. The minimum Gasteiger partial charge on any atom is -0.493 e. The lowest BCUT2D eigenvalue weighted by atomic mass is 10.2. The first-order chi connectivity index (χ1) is 15.1. The first kappa shape index (κ1) is 26.7. The van der Waals surface area contributed by atoms with Crippen molar-refractivity contribution in [3.8, 4) is 5.75 Å². The fourth-order valence-corrected chi connectivity index (χ4v) is 3.93. The van der Waals surface area contributed by atoms with Gasteiger partial charge in [-0.25, -0.2) is 4.99 Å². The van der Waals surface area contributed by atoms with Crippen molar-refractivity contribution in [2.24, 2.45) is 10.9 Å². The Balaban J connectivity index is 0.00000363. The second kappa shape index (κ2) is 13.9. The van der Waals surface area contributed by atoms with E-state index in [0.29, 0.717) is 6.54 Å². The van der Waals surface area contributed by atoms with Gasteiger partial charge in [0.05, 0.1) is 19.2 Å². The van der Waals surface area contributed by atoms with Gasteiger partial charge in [-0.1, -0.05) is 18.2 Å². The molecule has 0 bridgehead atoms. The van der Waals surface area contributed by atoms with Crippen molar-refractivity contribution in [3.63, 3.8) is 0 Å². The van der Waals surface area contributed by atoms with Crippen LogP contribution >= 0.6 is 24.0 Å². The van der Waals surface area contributed by atoms with Gasteiger partial charge in [0.1, 0.15) is 5.75 Å². The van der Waals surface area contributed by atoms with Crippen LogP contribution in [0, 0.1) is 5.92 Å². The molecule has 0 radical (unpaired) electrons. The molecule has 1 saturated heterocycles. The summed E-state index contributed by atoms with van der Waals surface area (Å²) < 4.78 is 6.01. The smallest absolute Gasteiger partial charge is 0.239 e. The lowest BCUT2D eigenvalue weighted by Crippen LogP contribution is -2.44. The van der Waals surface area contributed by atoms with Crippen molar-refractivity contribution >= 4 is 35.8 Å². The molecule has 1 heterocycles. The maximum absolute atomic E-state index is 12.3. The topological polar surface area (TPSA) is 69.2 Å². The van der Waals surface area contributed by atoms with E-state index in [0.717, 1.165) is 75.2 Å². The van der Waals surface area contributed by atoms with Gasteiger partial charge >= 0.3 is 0 Å². The van der Waals surface area contributed by atoms with Crippen molar-refractivity contribution in [3.05, 3.63) is 29.8 Å². The van der Waals surface area contributed by atoms with Crippen LogP contribution in [0.3, 0.4) is 0 Å². The van der Waals surface area contributed by atoms with E-state index < -0.39 is 0 Å². The number of hydrogen-bond donors (Lipinski definition) is 2. The molecule has 1 amide bonds. The van der Waals surface area contributed by atoms with E-state index in [2.05, 4.69) is 28.5 Å². The molecule has 1 aromatic carbocycles. The van der Waals surface area contributed by atoms with Crippen LogP contribution in [0.1, 0.15) is 44.6 Å². The van der Waals surface area contributed by atoms with E-state index in [1.807, 2.05) is 32.3 Å². The molecule has 2 aliphatic rings. The lowest BCUT2D eigenvalue weighted by molar-refractivity contribution is -0.133. The number of ether oxygens (including phenoxy) is 1. The largest absolute Gasteiger partial charge is 0.493 e. The fourth-order valence-electron chi connectivity index (χ4n) is 3.93. The number of para-hydroxylation sites is 1. The van der Waals surface area contributed by atoms with Gasteiger partial charge in [-0.2, -0.15) is 0 Å². The Hall–Kier alpha value is -1.55. The minimum absolute atomic E-state index is 0. The maximum atomic E-state index is 12.3. The molecule has 1 aliphatic heterocycles. The maximum Gasteiger partial charge on any atom is 0.239 e. The number of carbonyl (C=O) groups excluding carboxylic acids is 1. The van der Waals surface area contributed by atoms with Gasteiger partial charge in [-0.3, -0.25) is 9.69 Å². The monoisotopic (exact) mass is 557 g/mol. The number of likely N-dealkylation sites (N-methyl/N-ethyl adjacent to an activating group) is 1. The molecule has 1 unspecified atom stereocenters. The summed E-state index contributed by atoms with van der Waals surface area (Å²) in [5.74, 6) is 2.73. The second-order valence-corrected chi connectivity index (χ2v) is 8.76. The number of halogens is 1. The quantitative estimate of drug-likeness (QED) is 0.190. The highest BCUT2D eigenvalue weighted by Crippen LogP contribution is 2.30. The fraction of sp³-hybridized carbons (Fsp3) is 0.667. The van der Waals surface area contributed by atoms with Crippen LogP contribution < -0.4 is 15.4 Å². The van der Waals surface area contributed by atoms with Crippen LogP contribution in [0.15, 0.2) is 29.3 Å². The molecule has 0 spiro atoms. The number of amides is 1. The summed E-state index contributed by atoms with van der Waals surface area (Å²) in [6, 6.07) is 8.23. The SMILES string of the molecule is CCNC(=NCc1ccccc1OCC1CC1)NCCCN1CCCC1C(=O)N(C)C.I. The molecule has 32 heavy (non-hydrogen) atoms. The number of rotatable bonds is 11. The summed E-state index contributed by atoms with van der Waals surface area (Å²) in [5, 5.41) is 6.76. The molecule has 2 fully saturated rings. The first-order valence-electron chi connectivity index (χ1n) is 11.8. The first-order valence-corrected chi connectivity index (χ1v) is 11.8. The number of nitrogens with zero attached hydrogens (tertiary/aromatic N) is 3. The Bertz CT molecular complexity index is 739. The van der Waals surface area contributed by atoms with Crippen molar-refractivity contribution < 1.29 is 9.53 Å². The Kier molecular flexibility index (Phi) is 11.6. The van der Waals surface area contributed by atoms with Crippen molar-refractivity contribution in [1.29, 1.82) is 0 Å². The second-order valence-electron chi connectivity index (χ2n) is 8.76. The van der Waals surface area contributed by atoms with Crippen LogP contribution in [0.2, 0.25) is 0 Å². The van der Waals surface area contributed by atoms with Crippen LogP contribution in [-0.4, -0.2) is 74.6 Å². The zero-order valence-electron chi connectivity index (χ0n) is 19.8. The van der Waals surface area contributed by atoms with Crippen LogP contribution in [0.4, 0.5) is 0 Å². The van der Waals surface area contributed by atoms with Crippen molar-refractivity contribution in [1.82, 2.24) is 20.4 Å². The van der Waals surface area contributed by atoms with Crippen molar-refractivity contribution in [2.45, 2.75) is 51.6 Å². The summed E-state index contributed by atoms with van der Waals surface area (Å²) in [6.45, 7) is 7.05. The molecule has 1 saturated carbocycles. The number of benzene rings is 1. The number of nitrogens with one attached hydrogen (secondary N) is 2. The molecule has 7 nitrogen and oxygen atoms in total. The van der Waals surface area contributed by atoms with E-state index in [-0.39, 0.29) is 35.9 Å². The standard InChI is InChI=1S/C24H39N5O2.HI/c1-4-25-24(26-14-8-16-29-15-7-10-21(29)23(30)28(2)3)27-17-20-9-5-6-11-22(20)31-18-19-12-13-19;/h5-6,9,11,19,21H,4,7-8,10,12-18H2,1-3H3,(H2,25,26,27);1H. The summed E-state index contributed by atoms with van der Waals surface area (Å²) in [6.07, 6.45) is 5.62. The molecule has 1 atom stereocenters. The minimum atomic E-state index is 0. The molecule has 3 rings (SSSR count). The summed E-state index contributed by atoms with van der Waals surface area (Å²) >= 11 is 0. The zero-order chi connectivity index (χ0) is 22.1. The third-order valence-electron chi connectivity index (χ3n) is 5.90. The van der Waals surface area contributed by atoms with E-state index >= 15 is 0 Å². The van der Waals surface area contributed by atoms with Crippen molar-refractivity contribution in [2.75, 3.05) is 46.9 Å². The van der Waals surface area contributed by atoms with Gasteiger partial charge in [-0.15, -0.1) is 24.0 Å². The van der Waals surface area contributed by atoms with Gasteiger partial charge in [0, 0.05) is 39.3 Å². The van der Waals surface area contributed by atoms with Gasteiger partial charge in [-0.05, 0) is 57.6 Å². The Labute approximate surface area is 210 Å². The highest BCUT2D eigenvalue weighted by Gasteiger charge is 2.31. The summed E-state index contributed by atoms with van der Waals surface area (Å²) in [7, 11) is 3.68. The highest BCUT2D eigenvalue weighted by molar-refractivity contribution is 14.0. The molecular weight excluding hydrogens is 517 g/mol. The number of aliphatic imine (C=N–C) groups is 1. The van der Waals surface area contributed by atoms with E-state index in [9.17, 15) is 4.79 Å². The van der Waals surface area contributed by atoms with Gasteiger partial charge < -0.3 is 20.3 Å². The van der Waals surface area contributed by atoms with Crippen LogP contribution in [0.25, 0.3) is 0 Å². The predicted octanol–water partition coefficient (Wildman–Crippen LogP) is 3.09. The van der Waals surface area contributed by atoms with Crippen LogP contribution in [0.5, 0.6) is 5.75 Å². The highest BCUT2D eigenvalue weighted by atomic mass is 127. The third kappa shape index (κ3) is 8.42. The number of likely N-dealkylation sites (tertiary alicyclic amines) is 1. The normalized spacial score (nSPS) is 18.7. The third-order valence-corrected chi connectivity index (χ3v) is 5.90. The number of carbonyl (C=O) groups is 1. The molecule has 8 heteroatoms. The van der Waals surface area contributed by atoms with Crippen LogP contribution in [-0.2, 0) is 11.3 Å². The zero-order valence-corrected chi connectivity index (χ0v) is 22.1. The number of hydrogen-bond acceptors (Lipinski definition) is 4. The summed E-state index contributed by atoms with van der Waals surface area (Å²) in [4.78, 5) is 21.1. The van der Waals surface area contributed by atoms with Gasteiger partial charge in [0.15, 0.2) is 5.96 Å². The molecule has 1 aliphatic carbocycles. The molecule has 0 aromatic heterocycles. The Morgan fingerprint density at radius 1 is 1.22 bits per heavy atom. The van der Waals surface area contributed by atoms with E-state index in [1.165, 1.54) is 12.8 Å². The van der Waals surface area contributed by atoms with E-state index in [4.69, 9.17) is 9.73 Å². The Morgan fingerprint density at radius 2 is 2.00 bits per heavy atom. The average molecular weight is 558 g/mol. The number of guanidine groups is 1. The lowest BCUT2D eigenvalue weighted by Gasteiger charge is -2.26. The molecular formula is C24H40IN5O2. The molecule has 180 valence electrons. The van der Waals surface area contributed by atoms with E-state index in [1.54, 1.807) is 4.90 Å². The Morgan fingerprint density at radius 3 is 2.72 bits per heavy atom. The average Bonchev–Trinajstić information content (AvgIpc) is 3.49. The van der Waals surface area contributed by atoms with Gasteiger partial charge in [0.2, 0.25) is 5.91 Å². The molecule has 2 N–H and O–H groups in total. The molecule has 1 aromatic rings.